The van der Waals surface area contributed by atoms with E-state index in [2.05, 4.69) is 22.3 Å². The molecule has 104 valence electrons. The average molecular weight is 262 g/mol. The van der Waals surface area contributed by atoms with Gasteiger partial charge in [0, 0.05) is 37.9 Å². The third-order valence-electron chi connectivity index (χ3n) is 3.66. The van der Waals surface area contributed by atoms with Crippen LogP contribution in [0.2, 0.25) is 0 Å². The molecule has 2 aliphatic rings. The SMILES string of the molecule is c1cc(OCOCC2CC2)cc(N2CCNCC2)c1. The lowest BCUT2D eigenvalue weighted by Gasteiger charge is -2.29. The molecule has 0 unspecified atom stereocenters. The van der Waals surface area contributed by atoms with Gasteiger partial charge in [-0.2, -0.15) is 0 Å². The van der Waals surface area contributed by atoms with E-state index in [9.17, 15) is 0 Å². The quantitative estimate of drug-likeness (QED) is 0.627. The van der Waals surface area contributed by atoms with Gasteiger partial charge >= 0.3 is 0 Å². The van der Waals surface area contributed by atoms with Crippen LogP contribution in [0, 0.1) is 5.92 Å². The molecule has 0 aromatic heterocycles. The van der Waals surface area contributed by atoms with Gasteiger partial charge in [0.1, 0.15) is 5.75 Å². The van der Waals surface area contributed by atoms with Gasteiger partial charge < -0.3 is 19.7 Å². The summed E-state index contributed by atoms with van der Waals surface area (Å²) in [7, 11) is 0. The molecule has 1 N–H and O–H groups in total. The molecular weight excluding hydrogens is 240 g/mol. The molecule has 3 rings (SSSR count). The van der Waals surface area contributed by atoms with Crippen molar-refractivity contribution in [3.8, 4) is 5.75 Å². The lowest BCUT2D eigenvalue weighted by atomic mass is 10.2. The van der Waals surface area contributed by atoms with E-state index in [4.69, 9.17) is 9.47 Å². The molecule has 2 fully saturated rings. The Morgan fingerprint density at radius 1 is 1.21 bits per heavy atom. The van der Waals surface area contributed by atoms with E-state index in [1.165, 1.54) is 18.5 Å². The van der Waals surface area contributed by atoms with Crippen molar-refractivity contribution in [3.63, 3.8) is 0 Å². The Kier molecular flexibility index (Phi) is 4.20. The van der Waals surface area contributed by atoms with Gasteiger partial charge in [0.2, 0.25) is 0 Å². The molecular formula is C15H22N2O2. The van der Waals surface area contributed by atoms with E-state index in [-0.39, 0.29) is 0 Å². The maximum Gasteiger partial charge on any atom is 0.189 e. The molecule has 4 nitrogen and oxygen atoms in total. The Balaban J connectivity index is 1.49. The van der Waals surface area contributed by atoms with Gasteiger partial charge in [-0.3, -0.25) is 0 Å². The lowest BCUT2D eigenvalue weighted by Crippen LogP contribution is -2.43. The van der Waals surface area contributed by atoms with Crippen LogP contribution >= 0.6 is 0 Å². The highest BCUT2D eigenvalue weighted by Crippen LogP contribution is 2.28. The molecule has 0 spiro atoms. The fourth-order valence-corrected chi connectivity index (χ4v) is 2.30. The van der Waals surface area contributed by atoms with Crippen molar-refractivity contribution in [1.29, 1.82) is 0 Å². The molecule has 1 aromatic rings. The maximum absolute atomic E-state index is 5.65. The third kappa shape index (κ3) is 3.85. The van der Waals surface area contributed by atoms with Crippen LogP contribution in [0.4, 0.5) is 5.69 Å². The molecule has 4 heteroatoms. The van der Waals surface area contributed by atoms with Crippen molar-refractivity contribution in [2.75, 3.05) is 44.5 Å². The monoisotopic (exact) mass is 262 g/mol. The number of rotatable bonds is 6. The molecule has 1 aromatic carbocycles. The Hall–Kier alpha value is -1.26. The van der Waals surface area contributed by atoms with Gasteiger partial charge in [-0.15, -0.1) is 0 Å². The molecule has 1 saturated heterocycles. The normalized spacial score (nSPS) is 19.5. The van der Waals surface area contributed by atoms with Crippen LogP contribution in [-0.4, -0.2) is 39.6 Å². The van der Waals surface area contributed by atoms with Crippen molar-refractivity contribution in [1.82, 2.24) is 5.32 Å². The van der Waals surface area contributed by atoms with E-state index < -0.39 is 0 Å². The van der Waals surface area contributed by atoms with Gasteiger partial charge in [-0.25, -0.2) is 0 Å². The third-order valence-corrected chi connectivity index (χ3v) is 3.66. The summed E-state index contributed by atoms with van der Waals surface area (Å²) in [5.41, 5.74) is 1.24. The minimum atomic E-state index is 0.363. The van der Waals surface area contributed by atoms with Crippen molar-refractivity contribution < 1.29 is 9.47 Å². The molecule has 0 radical (unpaired) electrons. The first-order valence-corrected chi connectivity index (χ1v) is 7.18. The van der Waals surface area contributed by atoms with Gasteiger partial charge in [0.05, 0.1) is 6.61 Å². The van der Waals surface area contributed by atoms with Gasteiger partial charge in [0.15, 0.2) is 6.79 Å². The maximum atomic E-state index is 5.65. The number of anilines is 1. The second-order valence-corrected chi connectivity index (χ2v) is 5.31. The van der Waals surface area contributed by atoms with Crippen LogP contribution in [0.1, 0.15) is 12.8 Å². The molecule has 0 amide bonds. The summed E-state index contributed by atoms with van der Waals surface area (Å²) in [6, 6.07) is 8.29. The van der Waals surface area contributed by atoms with Crippen LogP contribution < -0.4 is 15.0 Å². The smallest absolute Gasteiger partial charge is 0.189 e. The van der Waals surface area contributed by atoms with Crippen molar-refractivity contribution in [2.45, 2.75) is 12.8 Å². The van der Waals surface area contributed by atoms with Gasteiger partial charge in [-0.1, -0.05) is 6.07 Å². The summed E-state index contributed by atoms with van der Waals surface area (Å²) in [5, 5.41) is 3.36. The summed E-state index contributed by atoms with van der Waals surface area (Å²) in [6.45, 7) is 5.42. The predicted molar refractivity (Wildman–Crippen MR) is 75.7 cm³/mol. The number of benzene rings is 1. The zero-order chi connectivity index (χ0) is 12.9. The Labute approximate surface area is 114 Å². The number of piperazine rings is 1. The molecule has 19 heavy (non-hydrogen) atoms. The highest BCUT2D eigenvalue weighted by molar-refractivity contribution is 5.51. The summed E-state index contributed by atoms with van der Waals surface area (Å²) in [5.74, 6) is 1.68. The van der Waals surface area contributed by atoms with Gasteiger partial charge in [-0.05, 0) is 30.9 Å². The minimum absolute atomic E-state index is 0.363. The molecule has 1 aliphatic heterocycles. The molecule has 0 bridgehead atoms. The van der Waals surface area contributed by atoms with Crippen LogP contribution in [-0.2, 0) is 4.74 Å². The zero-order valence-electron chi connectivity index (χ0n) is 11.3. The highest BCUT2D eigenvalue weighted by Gasteiger charge is 2.21. The Morgan fingerprint density at radius 2 is 2.05 bits per heavy atom. The largest absolute Gasteiger partial charge is 0.467 e. The first kappa shape index (κ1) is 12.8. The molecule has 0 atom stereocenters. The lowest BCUT2D eigenvalue weighted by molar-refractivity contribution is 0.0100. The van der Waals surface area contributed by atoms with E-state index in [1.807, 2.05) is 12.1 Å². The van der Waals surface area contributed by atoms with Gasteiger partial charge in [0.25, 0.3) is 0 Å². The molecule has 1 heterocycles. The topological polar surface area (TPSA) is 33.7 Å². The summed E-state index contributed by atoms with van der Waals surface area (Å²) in [6.07, 6.45) is 2.64. The van der Waals surface area contributed by atoms with Crippen LogP contribution in [0.5, 0.6) is 5.75 Å². The van der Waals surface area contributed by atoms with Crippen LogP contribution in [0.3, 0.4) is 0 Å². The first-order chi connectivity index (χ1) is 9.42. The summed E-state index contributed by atoms with van der Waals surface area (Å²) >= 11 is 0. The van der Waals surface area contributed by atoms with E-state index >= 15 is 0 Å². The number of nitrogens with one attached hydrogen (secondary N) is 1. The molecule has 1 saturated carbocycles. The number of nitrogens with zero attached hydrogens (tertiary/aromatic N) is 1. The number of hydrogen-bond acceptors (Lipinski definition) is 4. The highest BCUT2D eigenvalue weighted by atomic mass is 16.7. The standard InChI is InChI=1S/C15H22N2O2/c1-2-14(17-8-6-16-7-9-17)10-15(3-1)19-12-18-11-13-4-5-13/h1-3,10,13,16H,4-9,11-12H2. The Bertz CT molecular complexity index is 401. The summed E-state index contributed by atoms with van der Waals surface area (Å²) < 4.78 is 11.2. The first-order valence-electron chi connectivity index (χ1n) is 7.18. The zero-order valence-corrected chi connectivity index (χ0v) is 11.3. The predicted octanol–water partition coefficient (Wildman–Crippen LogP) is 1.86. The average Bonchev–Trinajstić information content (AvgIpc) is 3.29. The second-order valence-electron chi connectivity index (χ2n) is 5.31. The second kappa shape index (κ2) is 6.26. The van der Waals surface area contributed by atoms with E-state index in [0.29, 0.717) is 6.79 Å². The van der Waals surface area contributed by atoms with E-state index in [1.54, 1.807) is 0 Å². The molecule has 1 aliphatic carbocycles. The summed E-state index contributed by atoms with van der Waals surface area (Å²) in [4.78, 5) is 2.38. The number of hydrogen-bond donors (Lipinski definition) is 1. The van der Waals surface area contributed by atoms with Crippen molar-refractivity contribution in [2.24, 2.45) is 5.92 Å². The fourth-order valence-electron chi connectivity index (χ4n) is 2.30. The van der Waals surface area contributed by atoms with Crippen LogP contribution in [0.25, 0.3) is 0 Å². The Morgan fingerprint density at radius 3 is 2.84 bits per heavy atom. The number of ether oxygens (including phenoxy) is 2. The minimum Gasteiger partial charge on any atom is -0.467 e. The van der Waals surface area contributed by atoms with Crippen molar-refractivity contribution in [3.05, 3.63) is 24.3 Å². The fraction of sp³-hybridized carbons (Fsp3) is 0.600. The van der Waals surface area contributed by atoms with Crippen LogP contribution in [0.15, 0.2) is 24.3 Å². The van der Waals surface area contributed by atoms with E-state index in [0.717, 1.165) is 44.5 Å². The van der Waals surface area contributed by atoms with Crippen molar-refractivity contribution >= 4 is 5.69 Å².